The number of hydrogen-bond donors (Lipinski definition) is 1. The van der Waals surface area contributed by atoms with E-state index in [1.807, 2.05) is 13.8 Å². The number of carboxylic acid groups (broad SMARTS) is 1. The molecule has 0 saturated carbocycles. The molecule has 6 heteroatoms. The number of aromatic nitrogens is 2. The van der Waals surface area contributed by atoms with E-state index in [0.717, 1.165) is 52.6 Å². The van der Waals surface area contributed by atoms with Crippen molar-refractivity contribution in [3.05, 3.63) is 69.9 Å². The first-order valence-electron chi connectivity index (χ1n) is 14.3. The van der Waals surface area contributed by atoms with E-state index in [-0.39, 0.29) is 0 Å². The van der Waals surface area contributed by atoms with Crippen LogP contribution >= 0.6 is 0 Å². The molecule has 0 unspecified atom stereocenters. The Balaban J connectivity index is 1.78. The Hall–Kier alpha value is -3.41. The highest BCUT2D eigenvalue weighted by molar-refractivity contribution is 5.75. The van der Waals surface area contributed by atoms with E-state index in [0.29, 0.717) is 38.5 Å². The molecule has 39 heavy (non-hydrogen) atoms. The predicted octanol–water partition coefficient (Wildman–Crippen LogP) is 7.28. The van der Waals surface area contributed by atoms with Gasteiger partial charge in [-0.05, 0) is 80.7 Å². The smallest absolute Gasteiger partial charge is 0.309 e. The van der Waals surface area contributed by atoms with Crippen molar-refractivity contribution in [3.8, 4) is 17.1 Å². The molecule has 0 aliphatic carbocycles. The molecule has 1 aliphatic heterocycles. The average Bonchev–Trinajstić information content (AvgIpc) is 2.92. The zero-order valence-corrected chi connectivity index (χ0v) is 24.6. The average molecular weight is 530 g/mol. The standard InChI is InChI=1S/C33H43N3O3/c1-8-24-11-10-12-25(9-2)29(24)30-34-23(6)27(20-39-28-19-26(21(3)4)14-13-22(28)5)31(35-30)36-17-15-33(7,16-18-36)32(37)38/h10-14,19,21H,8-9,15-18,20H2,1-7H3,(H,37,38). The number of nitrogens with zero attached hydrogens (tertiary/aromatic N) is 3. The summed E-state index contributed by atoms with van der Waals surface area (Å²) >= 11 is 0. The van der Waals surface area contributed by atoms with Crippen LogP contribution in [0.4, 0.5) is 5.82 Å². The monoisotopic (exact) mass is 529 g/mol. The maximum atomic E-state index is 11.9. The number of carbonyl (C=O) groups is 1. The van der Waals surface area contributed by atoms with E-state index in [9.17, 15) is 9.90 Å². The van der Waals surface area contributed by atoms with Crippen LogP contribution in [0.2, 0.25) is 0 Å². The first-order valence-corrected chi connectivity index (χ1v) is 14.3. The predicted molar refractivity (Wildman–Crippen MR) is 158 cm³/mol. The number of carboxylic acids is 1. The number of anilines is 1. The van der Waals surface area contributed by atoms with Crippen LogP contribution in [0.25, 0.3) is 11.4 Å². The quantitative estimate of drug-likeness (QED) is 0.314. The minimum Gasteiger partial charge on any atom is -0.488 e. The van der Waals surface area contributed by atoms with E-state index in [4.69, 9.17) is 14.7 Å². The molecule has 1 saturated heterocycles. The fourth-order valence-corrected chi connectivity index (χ4v) is 5.36. The van der Waals surface area contributed by atoms with E-state index >= 15 is 0 Å². The maximum Gasteiger partial charge on any atom is 0.309 e. The third kappa shape index (κ3) is 5.95. The molecule has 0 amide bonds. The van der Waals surface area contributed by atoms with E-state index in [1.54, 1.807) is 0 Å². The lowest BCUT2D eigenvalue weighted by molar-refractivity contribution is -0.149. The Morgan fingerprint density at radius 1 is 1.05 bits per heavy atom. The summed E-state index contributed by atoms with van der Waals surface area (Å²) in [6.07, 6.45) is 2.94. The first kappa shape index (κ1) is 28.6. The van der Waals surface area contributed by atoms with Crippen LogP contribution in [0.15, 0.2) is 36.4 Å². The van der Waals surface area contributed by atoms with Gasteiger partial charge in [-0.2, -0.15) is 0 Å². The molecule has 4 rings (SSSR count). The van der Waals surface area contributed by atoms with Gasteiger partial charge in [-0.25, -0.2) is 9.97 Å². The Labute approximate surface area is 233 Å². The number of benzene rings is 2. The molecule has 1 aliphatic rings. The summed E-state index contributed by atoms with van der Waals surface area (Å²) in [5, 5.41) is 9.79. The summed E-state index contributed by atoms with van der Waals surface area (Å²) in [7, 11) is 0. The fourth-order valence-electron chi connectivity index (χ4n) is 5.36. The second-order valence-electron chi connectivity index (χ2n) is 11.4. The van der Waals surface area contributed by atoms with Crippen LogP contribution in [0.5, 0.6) is 5.75 Å². The molecule has 0 bridgehead atoms. The summed E-state index contributed by atoms with van der Waals surface area (Å²) in [5.41, 5.74) is 7.07. The molecule has 6 nitrogen and oxygen atoms in total. The summed E-state index contributed by atoms with van der Waals surface area (Å²) in [6.45, 7) is 16.3. The highest BCUT2D eigenvalue weighted by Crippen LogP contribution is 2.37. The first-order chi connectivity index (χ1) is 18.6. The molecule has 1 fully saturated rings. The number of hydrogen-bond acceptors (Lipinski definition) is 5. The van der Waals surface area contributed by atoms with Crippen LogP contribution < -0.4 is 9.64 Å². The van der Waals surface area contributed by atoms with Gasteiger partial charge in [0.2, 0.25) is 0 Å². The van der Waals surface area contributed by atoms with Crippen LogP contribution in [0.1, 0.15) is 86.9 Å². The Morgan fingerprint density at radius 3 is 2.26 bits per heavy atom. The van der Waals surface area contributed by atoms with Crippen LogP contribution in [-0.2, 0) is 24.2 Å². The van der Waals surface area contributed by atoms with Crippen molar-refractivity contribution >= 4 is 11.8 Å². The Kier molecular flexibility index (Phi) is 8.63. The van der Waals surface area contributed by atoms with Crippen molar-refractivity contribution in [2.24, 2.45) is 5.41 Å². The van der Waals surface area contributed by atoms with E-state index in [2.05, 4.69) is 75.9 Å². The molecule has 0 radical (unpaired) electrons. The van der Waals surface area contributed by atoms with Crippen molar-refractivity contribution in [2.45, 2.75) is 86.7 Å². The molecule has 1 aromatic heterocycles. The molecule has 3 aromatic rings. The van der Waals surface area contributed by atoms with Gasteiger partial charge in [-0.1, -0.05) is 58.0 Å². The van der Waals surface area contributed by atoms with Crippen molar-refractivity contribution < 1.29 is 14.6 Å². The van der Waals surface area contributed by atoms with E-state index < -0.39 is 11.4 Å². The van der Waals surface area contributed by atoms with Crippen LogP contribution in [-0.4, -0.2) is 34.1 Å². The third-order valence-corrected chi connectivity index (χ3v) is 8.35. The van der Waals surface area contributed by atoms with Gasteiger partial charge in [0.15, 0.2) is 5.82 Å². The van der Waals surface area contributed by atoms with Gasteiger partial charge in [-0.3, -0.25) is 4.79 Å². The largest absolute Gasteiger partial charge is 0.488 e. The number of ether oxygens (including phenoxy) is 1. The second kappa shape index (κ2) is 11.8. The van der Waals surface area contributed by atoms with Crippen molar-refractivity contribution in [2.75, 3.05) is 18.0 Å². The third-order valence-electron chi connectivity index (χ3n) is 8.35. The zero-order chi connectivity index (χ0) is 28.3. The normalized spacial score (nSPS) is 15.0. The molecular weight excluding hydrogens is 486 g/mol. The summed E-state index contributed by atoms with van der Waals surface area (Å²) in [6, 6.07) is 12.8. The summed E-state index contributed by atoms with van der Waals surface area (Å²) in [5.74, 6) is 2.16. The van der Waals surface area contributed by atoms with Crippen LogP contribution in [0, 0.1) is 19.3 Å². The van der Waals surface area contributed by atoms with Gasteiger partial charge in [0.1, 0.15) is 18.2 Å². The second-order valence-corrected chi connectivity index (χ2v) is 11.4. The highest BCUT2D eigenvalue weighted by atomic mass is 16.5. The Morgan fingerprint density at radius 2 is 1.69 bits per heavy atom. The van der Waals surface area contributed by atoms with Gasteiger partial charge >= 0.3 is 5.97 Å². The molecule has 0 spiro atoms. The highest BCUT2D eigenvalue weighted by Gasteiger charge is 2.38. The van der Waals surface area contributed by atoms with Gasteiger partial charge < -0.3 is 14.7 Å². The van der Waals surface area contributed by atoms with Gasteiger partial charge in [0.05, 0.1) is 16.7 Å². The van der Waals surface area contributed by atoms with Gasteiger partial charge in [-0.15, -0.1) is 0 Å². The number of piperidine rings is 1. The van der Waals surface area contributed by atoms with Crippen LogP contribution in [0.3, 0.4) is 0 Å². The zero-order valence-electron chi connectivity index (χ0n) is 24.6. The minimum atomic E-state index is -0.727. The van der Waals surface area contributed by atoms with Crippen molar-refractivity contribution in [1.82, 2.24) is 9.97 Å². The van der Waals surface area contributed by atoms with Crippen molar-refractivity contribution in [1.29, 1.82) is 0 Å². The van der Waals surface area contributed by atoms with E-state index in [1.165, 1.54) is 16.7 Å². The number of aryl methyl sites for hydroxylation is 4. The molecular formula is C33H43N3O3. The van der Waals surface area contributed by atoms with Gasteiger partial charge in [0, 0.05) is 18.7 Å². The lowest BCUT2D eigenvalue weighted by Gasteiger charge is -2.38. The topological polar surface area (TPSA) is 75.5 Å². The maximum absolute atomic E-state index is 11.9. The molecule has 208 valence electrons. The lowest BCUT2D eigenvalue weighted by atomic mass is 9.80. The minimum absolute atomic E-state index is 0.354. The molecule has 2 aromatic carbocycles. The number of rotatable bonds is 9. The molecule has 1 N–H and O–H groups in total. The van der Waals surface area contributed by atoms with Crippen molar-refractivity contribution in [3.63, 3.8) is 0 Å². The SMILES string of the molecule is CCc1cccc(CC)c1-c1nc(C)c(COc2cc(C(C)C)ccc2C)c(N2CCC(C)(C(=O)O)CC2)n1. The summed E-state index contributed by atoms with van der Waals surface area (Å²) < 4.78 is 6.44. The fraction of sp³-hybridized carbons (Fsp3) is 0.485. The molecule has 2 heterocycles. The Bertz CT molecular complexity index is 1320. The number of aliphatic carboxylic acids is 1. The summed E-state index contributed by atoms with van der Waals surface area (Å²) in [4.78, 5) is 24.4. The molecule has 0 atom stereocenters. The van der Waals surface area contributed by atoms with Gasteiger partial charge in [0.25, 0.3) is 0 Å². The lowest BCUT2D eigenvalue weighted by Crippen LogP contribution is -2.43.